The minimum absolute atomic E-state index is 0.0291. The largest absolute Gasteiger partial charge is 0.398 e. The standard InChI is InChI=1S/C12H12N2O6S2/c13-11-5-7(21(15,16)17)1-3-9(11)10-4-2-8(6-12(10)14)22(18,19)20/h1-6H,13-14H2,(H,15,16,17)(H,18,19,20). The molecule has 0 aromatic heterocycles. The Labute approximate surface area is 126 Å². The van der Waals surface area contributed by atoms with Crippen molar-refractivity contribution in [2.75, 3.05) is 11.5 Å². The zero-order valence-electron chi connectivity index (χ0n) is 11.0. The molecule has 0 saturated carbocycles. The van der Waals surface area contributed by atoms with E-state index in [9.17, 15) is 16.8 Å². The van der Waals surface area contributed by atoms with Gasteiger partial charge in [-0.15, -0.1) is 0 Å². The highest BCUT2D eigenvalue weighted by Gasteiger charge is 2.16. The number of hydrogen-bond acceptors (Lipinski definition) is 6. The van der Waals surface area contributed by atoms with Gasteiger partial charge in [-0.25, -0.2) is 0 Å². The number of nitrogen functional groups attached to an aromatic ring is 2. The lowest BCUT2D eigenvalue weighted by atomic mass is 10.0. The Kier molecular flexibility index (Phi) is 3.87. The van der Waals surface area contributed by atoms with E-state index in [4.69, 9.17) is 20.6 Å². The molecule has 10 heteroatoms. The van der Waals surface area contributed by atoms with Crippen molar-refractivity contribution in [2.45, 2.75) is 9.79 Å². The van der Waals surface area contributed by atoms with Crippen molar-refractivity contribution < 1.29 is 25.9 Å². The minimum atomic E-state index is -4.38. The summed E-state index contributed by atoms with van der Waals surface area (Å²) in [5.41, 5.74) is 12.3. The second kappa shape index (κ2) is 5.25. The molecule has 2 aromatic rings. The van der Waals surface area contributed by atoms with Gasteiger partial charge in [0.2, 0.25) is 0 Å². The predicted octanol–water partition coefficient (Wildman–Crippen LogP) is 1.01. The summed E-state index contributed by atoms with van der Waals surface area (Å²) in [5, 5.41) is 0. The highest BCUT2D eigenvalue weighted by Crippen LogP contribution is 2.33. The summed E-state index contributed by atoms with van der Waals surface area (Å²) in [6.45, 7) is 0. The number of nitrogens with two attached hydrogens (primary N) is 2. The second-order valence-electron chi connectivity index (χ2n) is 4.45. The number of rotatable bonds is 3. The van der Waals surface area contributed by atoms with Crippen LogP contribution < -0.4 is 11.5 Å². The number of anilines is 2. The lowest BCUT2D eigenvalue weighted by Gasteiger charge is -2.11. The third kappa shape index (κ3) is 3.20. The van der Waals surface area contributed by atoms with Gasteiger partial charge in [0, 0.05) is 22.5 Å². The van der Waals surface area contributed by atoms with Crippen molar-refractivity contribution in [2.24, 2.45) is 0 Å². The lowest BCUT2D eigenvalue weighted by Crippen LogP contribution is -2.03. The molecule has 2 rings (SSSR count). The van der Waals surface area contributed by atoms with Crippen molar-refractivity contribution in [1.82, 2.24) is 0 Å². The SMILES string of the molecule is Nc1cc(S(=O)(=O)O)ccc1-c1ccc(S(=O)(=O)O)cc1N. The number of benzene rings is 2. The molecule has 8 nitrogen and oxygen atoms in total. The van der Waals surface area contributed by atoms with E-state index in [0.717, 1.165) is 24.3 Å². The first-order valence-corrected chi connectivity index (χ1v) is 8.62. The molecule has 118 valence electrons. The van der Waals surface area contributed by atoms with E-state index in [1.807, 2.05) is 0 Å². The molecular weight excluding hydrogens is 332 g/mol. The molecule has 2 aromatic carbocycles. The van der Waals surface area contributed by atoms with Gasteiger partial charge in [-0.2, -0.15) is 16.8 Å². The van der Waals surface area contributed by atoms with E-state index < -0.39 is 20.2 Å². The summed E-state index contributed by atoms with van der Waals surface area (Å²) in [7, 11) is -8.77. The van der Waals surface area contributed by atoms with Gasteiger partial charge in [0.15, 0.2) is 0 Å². The van der Waals surface area contributed by atoms with Gasteiger partial charge in [0.05, 0.1) is 9.79 Å². The fourth-order valence-corrected chi connectivity index (χ4v) is 2.92. The van der Waals surface area contributed by atoms with Crippen LogP contribution in [0, 0.1) is 0 Å². The van der Waals surface area contributed by atoms with Crippen LogP contribution >= 0.6 is 0 Å². The molecular formula is C12H12N2O6S2. The summed E-state index contributed by atoms with van der Waals surface area (Å²) in [4.78, 5) is -0.747. The molecule has 0 bridgehead atoms. The van der Waals surface area contributed by atoms with E-state index in [0.29, 0.717) is 11.1 Å². The van der Waals surface area contributed by atoms with Gasteiger partial charge in [-0.1, -0.05) is 12.1 Å². The first-order chi connectivity index (χ1) is 10.00. The van der Waals surface area contributed by atoms with E-state index in [1.165, 1.54) is 12.1 Å². The molecule has 0 spiro atoms. The molecule has 22 heavy (non-hydrogen) atoms. The molecule has 0 aliphatic heterocycles. The lowest BCUT2D eigenvalue weighted by molar-refractivity contribution is 0.481. The summed E-state index contributed by atoms with van der Waals surface area (Å²) in [6.07, 6.45) is 0. The summed E-state index contributed by atoms with van der Waals surface area (Å²) >= 11 is 0. The highest BCUT2D eigenvalue weighted by atomic mass is 32.2. The van der Waals surface area contributed by atoms with Crippen molar-refractivity contribution in [1.29, 1.82) is 0 Å². The first-order valence-electron chi connectivity index (χ1n) is 5.74. The van der Waals surface area contributed by atoms with E-state index in [2.05, 4.69) is 0 Å². The van der Waals surface area contributed by atoms with Crippen LogP contribution in [0.1, 0.15) is 0 Å². The predicted molar refractivity (Wildman–Crippen MR) is 80.3 cm³/mol. The Morgan fingerprint density at radius 2 is 1.00 bits per heavy atom. The molecule has 0 amide bonds. The maximum atomic E-state index is 11.0. The zero-order valence-corrected chi connectivity index (χ0v) is 12.6. The van der Waals surface area contributed by atoms with Gasteiger partial charge in [-0.3, -0.25) is 9.11 Å². The Morgan fingerprint density at radius 1 is 0.682 bits per heavy atom. The summed E-state index contributed by atoms with van der Waals surface area (Å²) in [6, 6.07) is 7.05. The quantitative estimate of drug-likeness (QED) is 0.474. The van der Waals surface area contributed by atoms with Gasteiger partial charge in [0.25, 0.3) is 20.2 Å². The van der Waals surface area contributed by atoms with Crippen molar-refractivity contribution >= 4 is 31.6 Å². The molecule has 0 saturated heterocycles. The number of hydrogen-bond donors (Lipinski definition) is 4. The Bertz CT molecular complexity index is 872. The average Bonchev–Trinajstić information content (AvgIpc) is 2.37. The van der Waals surface area contributed by atoms with Gasteiger partial charge >= 0.3 is 0 Å². The Hall–Kier alpha value is -2.14. The maximum Gasteiger partial charge on any atom is 0.294 e. The van der Waals surface area contributed by atoms with Crippen LogP contribution in [-0.4, -0.2) is 25.9 Å². The molecule has 0 aliphatic carbocycles. The van der Waals surface area contributed by atoms with Crippen molar-refractivity contribution in [3.63, 3.8) is 0 Å². The van der Waals surface area contributed by atoms with Crippen LogP contribution in [0.25, 0.3) is 11.1 Å². The third-order valence-corrected chi connectivity index (χ3v) is 4.63. The summed E-state index contributed by atoms with van der Waals surface area (Å²) in [5.74, 6) is 0. The van der Waals surface area contributed by atoms with E-state index in [1.54, 1.807) is 0 Å². The maximum absolute atomic E-state index is 11.0. The van der Waals surface area contributed by atoms with Crippen molar-refractivity contribution in [3.05, 3.63) is 36.4 Å². The molecule has 0 atom stereocenters. The molecule has 0 unspecified atom stereocenters. The van der Waals surface area contributed by atoms with Crippen molar-refractivity contribution in [3.8, 4) is 11.1 Å². The van der Waals surface area contributed by atoms with E-state index in [-0.39, 0.29) is 21.2 Å². The topological polar surface area (TPSA) is 161 Å². The summed E-state index contributed by atoms with van der Waals surface area (Å²) < 4.78 is 62.0. The zero-order chi connectivity index (χ0) is 16.7. The van der Waals surface area contributed by atoms with Crippen LogP contribution in [0.4, 0.5) is 11.4 Å². The van der Waals surface area contributed by atoms with Gasteiger partial charge < -0.3 is 11.5 Å². The molecule has 0 heterocycles. The van der Waals surface area contributed by atoms with Crippen LogP contribution in [-0.2, 0) is 20.2 Å². The monoisotopic (exact) mass is 344 g/mol. The normalized spacial score (nSPS) is 12.3. The highest BCUT2D eigenvalue weighted by molar-refractivity contribution is 7.86. The van der Waals surface area contributed by atoms with Gasteiger partial charge in [-0.05, 0) is 24.3 Å². The van der Waals surface area contributed by atoms with Crippen LogP contribution in [0.3, 0.4) is 0 Å². The van der Waals surface area contributed by atoms with Crippen LogP contribution in [0.2, 0.25) is 0 Å². The molecule has 0 fully saturated rings. The minimum Gasteiger partial charge on any atom is -0.398 e. The Balaban J connectivity index is 2.59. The third-order valence-electron chi connectivity index (χ3n) is 2.93. The second-order valence-corrected chi connectivity index (χ2v) is 7.29. The fourth-order valence-electron chi connectivity index (χ4n) is 1.89. The molecule has 6 N–H and O–H groups in total. The first kappa shape index (κ1) is 16.2. The van der Waals surface area contributed by atoms with Crippen LogP contribution in [0.5, 0.6) is 0 Å². The van der Waals surface area contributed by atoms with Crippen LogP contribution in [0.15, 0.2) is 46.2 Å². The Morgan fingerprint density at radius 3 is 1.23 bits per heavy atom. The van der Waals surface area contributed by atoms with Gasteiger partial charge in [0.1, 0.15) is 0 Å². The molecule has 0 radical (unpaired) electrons. The average molecular weight is 344 g/mol. The fraction of sp³-hybridized carbons (Fsp3) is 0. The van der Waals surface area contributed by atoms with E-state index >= 15 is 0 Å². The smallest absolute Gasteiger partial charge is 0.294 e. The molecule has 0 aliphatic rings.